The standard InChI is InChI=1S/C11H12N2O3S/c1-7(11(14)15)12-5-8-6-16-10(13-8)9-3-2-4-17-9/h2-4,6-7,12H,5H2,1H3,(H,14,15)/t7-/m0/s1. The minimum Gasteiger partial charge on any atom is -0.480 e. The van der Waals surface area contributed by atoms with E-state index in [2.05, 4.69) is 10.3 Å². The molecule has 6 heteroatoms. The van der Waals surface area contributed by atoms with Crippen molar-refractivity contribution in [3.8, 4) is 10.8 Å². The molecule has 0 aromatic carbocycles. The molecule has 2 aromatic rings. The third-order valence-corrected chi connectivity index (χ3v) is 3.10. The maximum atomic E-state index is 10.6. The van der Waals surface area contributed by atoms with E-state index in [1.165, 1.54) is 6.26 Å². The van der Waals surface area contributed by atoms with Crippen LogP contribution in [-0.2, 0) is 11.3 Å². The Bertz CT molecular complexity index is 493. The van der Waals surface area contributed by atoms with Crippen LogP contribution in [-0.4, -0.2) is 22.1 Å². The Morgan fingerprint density at radius 1 is 1.71 bits per heavy atom. The Morgan fingerprint density at radius 2 is 2.53 bits per heavy atom. The van der Waals surface area contributed by atoms with Crippen molar-refractivity contribution in [3.63, 3.8) is 0 Å². The van der Waals surface area contributed by atoms with E-state index in [-0.39, 0.29) is 0 Å². The van der Waals surface area contributed by atoms with Gasteiger partial charge >= 0.3 is 5.97 Å². The second-order valence-electron chi connectivity index (χ2n) is 3.56. The molecule has 0 bridgehead atoms. The molecule has 1 atom stereocenters. The van der Waals surface area contributed by atoms with Crippen LogP contribution in [0, 0.1) is 0 Å². The number of aromatic nitrogens is 1. The summed E-state index contributed by atoms with van der Waals surface area (Å²) in [5.41, 5.74) is 0.696. The van der Waals surface area contributed by atoms with Crippen LogP contribution in [0.15, 0.2) is 28.2 Å². The van der Waals surface area contributed by atoms with Gasteiger partial charge in [-0.15, -0.1) is 11.3 Å². The maximum absolute atomic E-state index is 10.6. The molecule has 2 N–H and O–H groups in total. The average molecular weight is 252 g/mol. The summed E-state index contributed by atoms with van der Waals surface area (Å²) in [5.74, 6) is -0.313. The van der Waals surface area contributed by atoms with Crippen molar-refractivity contribution in [1.29, 1.82) is 0 Å². The van der Waals surface area contributed by atoms with Gasteiger partial charge in [0, 0.05) is 6.54 Å². The van der Waals surface area contributed by atoms with Gasteiger partial charge in [-0.1, -0.05) is 6.07 Å². The van der Waals surface area contributed by atoms with Crippen molar-refractivity contribution in [1.82, 2.24) is 10.3 Å². The minimum atomic E-state index is -0.882. The highest BCUT2D eigenvalue weighted by Crippen LogP contribution is 2.23. The number of hydrogen-bond acceptors (Lipinski definition) is 5. The Balaban J connectivity index is 1.97. The summed E-state index contributed by atoms with van der Waals surface area (Å²) in [6, 6.07) is 3.25. The highest BCUT2D eigenvalue weighted by atomic mass is 32.1. The number of carboxylic acid groups (broad SMARTS) is 1. The van der Waals surface area contributed by atoms with E-state index in [9.17, 15) is 4.79 Å². The van der Waals surface area contributed by atoms with Gasteiger partial charge < -0.3 is 9.52 Å². The predicted molar refractivity (Wildman–Crippen MR) is 63.8 cm³/mol. The van der Waals surface area contributed by atoms with E-state index < -0.39 is 12.0 Å². The molecule has 2 heterocycles. The quantitative estimate of drug-likeness (QED) is 0.850. The molecule has 0 aliphatic rings. The molecule has 0 radical (unpaired) electrons. The van der Waals surface area contributed by atoms with Gasteiger partial charge in [0.1, 0.15) is 12.3 Å². The lowest BCUT2D eigenvalue weighted by molar-refractivity contribution is -0.139. The lowest BCUT2D eigenvalue weighted by atomic mass is 10.3. The lowest BCUT2D eigenvalue weighted by Gasteiger charge is -2.05. The Kier molecular flexibility index (Phi) is 3.55. The first-order chi connectivity index (χ1) is 8.16. The fraction of sp³-hybridized carbons (Fsp3) is 0.273. The van der Waals surface area contributed by atoms with E-state index in [0.29, 0.717) is 18.1 Å². The third kappa shape index (κ3) is 2.92. The monoisotopic (exact) mass is 252 g/mol. The van der Waals surface area contributed by atoms with Crippen LogP contribution in [0.5, 0.6) is 0 Å². The number of oxazole rings is 1. The number of thiophene rings is 1. The zero-order chi connectivity index (χ0) is 12.3. The molecular weight excluding hydrogens is 240 g/mol. The van der Waals surface area contributed by atoms with Gasteiger partial charge in [0.05, 0.1) is 10.6 Å². The molecule has 0 saturated heterocycles. The van der Waals surface area contributed by atoms with Crippen molar-refractivity contribution in [2.75, 3.05) is 0 Å². The molecule has 0 saturated carbocycles. The molecule has 90 valence electrons. The van der Waals surface area contributed by atoms with Gasteiger partial charge in [0.25, 0.3) is 0 Å². The Labute approximate surface area is 102 Å². The molecule has 0 spiro atoms. The van der Waals surface area contributed by atoms with Crippen LogP contribution < -0.4 is 5.32 Å². The van der Waals surface area contributed by atoms with E-state index in [0.717, 1.165) is 4.88 Å². The van der Waals surface area contributed by atoms with Gasteiger partial charge in [-0.2, -0.15) is 0 Å². The first kappa shape index (κ1) is 11.8. The number of carboxylic acids is 1. The lowest BCUT2D eigenvalue weighted by Crippen LogP contribution is -2.33. The second kappa shape index (κ2) is 5.11. The summed E-state index contributed by atoms with van der Waals surface area (Å²) in [6.45, 7) is 1.96. The second-order valence-corrected chi connectivity index (χ2v) is 4.51. The summed E-state index contributed by atoms with van der Waals surface area (Å²) < 4.78 is 5.31. The summed E-state index contributed by atoms with van der Waals surface area (Å²) in [5, 5.41) is 13.5. The van der Waals surface area contributed by atoms with Crippen molar-refractivity contribution < 1.29 is 14.3 Å². The molecule has 2 aromatic heterocycles. The molecule has 2 rings (SSSR count). The zero-order valence-electron chi connectivity index (χ0n) is 9.21. The van der Waals surface area contributed by atoms with Gasteiger partial charge in [-0.25, -0.2) is 4.98 Å². The van der Waals surface area contributed by atoms with Gasteiger partial charge in [0.2, 0.25) is 5.89 Å². The minimum absolute atomic E-state index is 0.377. The van der Waals surface area contributed by atoms with Crippen molar-refractivity contribution in [2.45, 2.75) is 19.5 Å². The van der Waals surface area contributed by atoms with E-state index in [1.54, 1.807) is 18.3 Å². The Morgan fingerprint density at radius 3 is 3.18 bits per heavy atom. The van der Waals surface area contributed by atoms with Crippen LogP contribution in [0.4, 0.5) is 0 Å². The highest BCUT2D eigenvalue weighted by Gasteiger charge is 2.12. The molecule has 5 nitrogen and oxygen atoms in total. The van der Waals surface area contributed by atoms with Gasteiger partial charge in [-0.05, 0) is 18.4 Å². The van der Waals surface area contributed by atoms with Crippen molar-refractivity contribution >= 4 is 17.3 Å². The predicted octanol–water partition coefficient (Wildman–Crippen LogP) is 1.97. The van der Waals surface area contributed by atoms with Crippen LogP contribution in [0.1, 0.15) is 12.6 Å². The number of nitrogens with one attached hydrogen (secondary N) is 1. The molecule has 0 aliphatic heterocycles. The van der Waals surface area contributed by atoms with Gasteiger partial charge in [-0.3, -0.25) is 10.1 Å². The van der Waals surface area contributed by atoms with E-state index >= 15 is 0 Å². The fourth-order valence-corrected chi connectivity index (χ4v) is 1.90. The third-order valence-electron chi connectivity index (χ3n) is 2.24. The zero-order valence-corrected chi connectivity index (χ0v) is 10.0. The average Bonchev–Trinajstić information content (AvgIpc) is 2.95. The summed E-state index contributed by atoms with van der Waals surface area (Å²) in [4.78, 5) is 15.8. The summed E-state index contributed by atoms with van der Waals surface area (Å²) >= 11 is 1.55. The highest BCUT2D eigenvalue weighted by molar-refractivity contribution is 7.13. The first-order valence-electron chi connectivity index (χ1n) is 5.11. The maximum Gasteiger partial charge on any atom is 0.320 e. The molecule has 17 heavy (non-hydrogen) atoms. The van der Waals surface area contributed by atoms with E-state index in [4.69, 9.17) is 9.52 Å². The van der Waals surface area contributed by atoms with Crippen LogP contribution in [0.3, 0.4) is 0 Å². The van der Waals surface area contributed by atoms with Crippen molar-refractivity contribution in [2.24, 2.45) is 0 Å². The smallest absolute Gasteiger partial charge is 0.320 e. The van der Waals surface area contributed by atoms with Gasteiger partial charge in [0.15, 0.2) is 0 Å². The normalized spacial score (nSPS) is 12.5. The largest absolute Gasteiger partial charge is 0.480 e. The van der Waals surface area contributed by atoms with Crippen LogP contribution >= 0.6 is 11.3 Å². The summed E-state index contributed by atoms with van der Waals surface area (Å²) in [6.07, 6.45) is 1.54. The molecular formula is C11H12N2O3S. The number of nitrogens with zero attached hydrogens (tertiary/aromatic N) is 1. The first-order valence-corrected chi connectivity index (χ1v) is 5.99. The van der Waals surface area contributed by atoms with E-state index in [1.807, 2.05) is 17.5 Å². The number of aliphatic carboxylic acids is 1. The van der Waals surface area contributed by atoms with Crippen LogP contribution in [0.25, 0.3) is 10.8 Å². The SMILES string of the molecule is C[C@H](NCc1coc(-c2cccs2)n1)C(=O)O. The molecule has 0 aliphatic carbocycles. The summed E-state index contributed by atoms with van der Waals surface area (Å²) in [7, 11) is 0. The number of rotatable bonds is 5. The Hall–Kier alpha value is -1.66. The van der Waals surface area contributed by atoms with Crippen LogP contribution in [0.2, 0.25) is 0 Å². The fourth-order valence-electron chi connectivity index (χ4n) is 1.25. The van der Waals surface area contributed by atoms with Crippen molar-refractivity contribution in [3.05, 3.63) is 29.5 Å². The topological polar surface area (TPSA) is 75.4 Å². The number of carbonyl (C=O) groups is 1. The molecule has 0 fully saturated rings. The molecule has 0 unspecified atom stereocenters. The molecule has 0 amide bonds. The number of hydrogen-bond donors (Lipinski definition) is 2.